The van der Waals surface area contributed by atoms with Crippen molar-refractivity contribution in [3.63, 3.8) is 0 Å². The van der Waals surface area contributed by atoms with E-state index in [0.717, 1.165) is 27.7 Å². The van der Waals surface area contributed by atoms with E-state index in [9.17, 15) is 4.79 Å². The molecule has 0 unspecified atom stereocenters. The number of anilines is 2. The first-order valence-corrected chi connectivity index (χ1v) is 7.33. The maximum absolute atomic E-state index is 12.7. The van der Waals surface area contributed by atoms with Crippen LogP contribution in [0.5, 0.6) is 0 Å². The standard InChI is InChI=1S/C17H20N4O/c1-11(2)10-20-7-8-21(17(20)22)16-12(3)9-19-15-13(16)5-4-6-14(15)18/h4-6,9H,1,7-8,10,18H2,2-3H3. The third-order valence-corrected chi connectivity index (χ3v) is 3.91. The molecule has 2 heterocycles. The fourth-order valence-corrected chi connectivity index (χ4v) is 2.95. The first-order chi connectivity index (χ1) is 10.5. The molecule has 2 N–H and O–H groups in total. The summed E-state index contributed by atoms with van der Waals surface area (Å²) in [5.41, 5.74) is 10.3. The van der Waals surface area contributed by atoms with Crippen LogP contribution in [0.3, 0.4) is 0 Å². The number of hydrogen-bond acceptors (Lipinski definition) is 3. The maximum atomic E-state index is 12.7. The van der Waals surface area contributed by atoms with Crippen LogP contribution in [0.25, 0.3) is 10.9 Å². The number of fused-ring (bicyclic) bond motifs is 1. The molecule has 0 aliphatic carbocycles. The lowest BCUT2D eigenvalue weighted by atomic mass is 10.1. The molecule has 0 saturated carbocycles. The van der Waals surface area contributed by atoms with Crippen molar-refractivity contribution in [2.24, 2.45) is 0 Å². The Morgan fingerprint density at radius 1 is 1.41 bits per heavy atom. The molecule has 1 fully saturated rings. The summed E-state index contributed by atoms with van der Waals surface area (Å²) < 4.78 is 0. The Morgan fingerprint density at radius 3 is 2.91 bits per heavy atom. The first-order valence-electron chi connectivity index (χ1n) is 7.33. The number of para-hydroxylation sites is 1. The number of nitrogens with two attached hydrogens (primary N) is 1. The maximum Gasteiger partial charge on any atom is 0.324 e. The lowest BCUT2D eigenvalue weighted by Crippen LogP contribution is -2.33. The second-order valence-electron chi connectivity index (χ2n) is 5.85. The molecule has 1 aromatic heterocycles. The topological polar surface area (TPSA) is 62.5 Å². The van der Waals surface area contributed by atoms with Gasteiger partial charge >= 0.3 is 6.03 Å². The summed E-state index contributed by atoms with van der Waals surface area (Å²) in [5, 5.41) is 0.922. The number of rotatable bonds is 3. The zero-order valence-electron chi connectivity index (χ0n) is 13.0. The zero-order chi connectivity index (χ0) is 15.9. The van der Waals surface area contributed by atoms with Crippen LogP contribution < -0.4 is 10.6 Å². The summed E-state index contributed by atoms with van der Waals surface area (Å²) in [7, 11) is 0. The minimum absolute atomic E-state index is 0.0148. The zero-order valence-corrected chi connectivity index (χ0v) is 13.0. The van der Waals surface area contributed by atoms with Gasteiger partial charge in [-0.1, -0.05) is 24.3 Å². The molecule has 22 heavy (non-hydrogen) atoms. The highest BCUT2D eigenvalue weighted by atomic mass is 16.2. The second kappa shape index (κ2) is 5.33. The Kier molecular flexibility index (Phi) is 3.48. The van der Waals surface area contributed by atoms with Crippen molar-refractivity contribution in [2.75, 3.05) is 30.3 Å². The number of urea groups is 1. The minimum Gasteiger partial charge on any atom is -0.397 e. The molecule has 0 radical (unpaired) electrons. The van der Waals surface area contributed by atoms with Crippen LogP contribution in [0, 0.1) is 6.92 Å². The van der Waals surface area contributed by atoms with Crippen LogP contribution in [0.4, 0.5) is 16.2 Å². The summed E-state index contributed by atoms with van der Waals surface area (Å²) in [5.74, 6) is 0. The van der Waals surface area contributed by atoms with Crippen LogP contribution >= 0.6 is 0 Å². The van der Waals surface area contributed by atoms with Crippen LogP contribution in [0.1, 0.15) is 12.5 Å². The van der Waals surface area contributed by atoms with Gasteiger partial charge in [0.25, 0.3) is 0 Å². The Labute approximate surface area is 130 Å². The second-order valence-corrected chi connectivity index (χ2v) is 5.85. The van der Waals surface area contributed by atoms with E-state index in [0.29, 0.717) is 25.3 Å². The number of nitrogen functional groups attached to an aromatic ring is 1. The van der Waals surface area contributed by atoms with Crippen molar-refractivity contribution in [1.29, 1.82) is 0 Å². The smallest absolute Gasteiger partial charge is 0.324 e. The normalized spacial score (nSPS) is 14.9. The third kappa shape index (κ3) is 2.28. The SMILES string of the molecule is C=C(C)CN1CCN(c2c(C)cnc3c(N)cccc23)C1=O. The van der Waals surface area contributed by atoms with Crippen LogP contribution in [0.2, 0.25) is 0 Å². The molecule has 0 spiro atoms. The number of carbonyl (C=O) groups is 1. The molecule has 5 heteroatoms. The fraction of sp³-hybridized carbons (Fsp3) is 0.294. The summed E-state index contributed by atoms with van der Waals surface area (Å²) in [4.78, 5) is 20.7. The van der Waals surface area contributed by atoms with Crippen molar-refractivity contribution >= 4 is 28.3 Å². The van der Waals surface area contributed by atoms with Crippen molar-refractivity contribution in [3.8, 4) is 0 Å². The monoisotopic (exact) mass is 296 g/mol. The number of benzene rings is 1. The molecular formula is C17H20N4O. The Hall–Kier alpha value is -2.56. The average molecular weight is 296 g/mol. The van der Waals surface area contributed by atoms with Crippen molar-refractivity contribution in [3.05, 3.63) is 42.1 Å². The Balaban J connectivity index is 2.07. The van der Waals surface area contributed by atoms with E-state index in [1.807, 2.05) is 41.8 Å². The first kappa shape index (κ1) is 14.4. The summed E-state index contributed by atoms with van der Waals surface area (Å²) in [6, 6.07) is 5.71. The number of carbonyl (C=O) groups excluding carboxylic acids is 1. The molecular weight excluding hydrogens is 276 g/mol. The van der Waals surface area contributed by atoms with E-state index in [-0.39, 0.29) is 6.03 Å². The van der Waals surface area contributed by atoms with Gasteiger partial charge in [-0.15, -0.1) is 0 Å². The van der Waals surface area contributed by atoms with Gasteiger partial charge in [0.2, 0.25) is 0 Å². The molecule has 2 aromatic rings. The lowest BCUT2D eigenvalue weighted by Gasteiger charge is -2.22. The average Bonchev–Trinajstić information content (AvgIpc) is 2.80. The van der Waals surface area contributed by atoms with Gasteiger partial charge in [0.1, 0.15) is 0 Å². The van der Waals surface area contributed by atoms with Crippen molar-refractivity contribution < 1.29 is 4.79 Å². The lowest BCUT2D eigenvalue weighted by molar-refractivity contribution is 0.224. The Bertz CT molecular complexity index is 769. The van der Waals surface area contributed by atoms with Crippen LogP contribution in [0.15, 0.2) is 36.5 Å². The van der Waals surface area contributed by atoms with Crippen molar-refractivity contribution in [2.45, 2.75) is 13.8 Å². The summed E-state index contributed by atoms with van der Waals surface area (Å²) in [6.45, 7) is 9.77. The number of aromatic nitrogens is 1. The van der Waals surface area contributed by atoms with Gasteiger partial charge < -0.3 is 10.6 Å². The fourth-order valence-electron chi connectivity index (χ4n) is 2.95. The van der Waals surface area contributed by atoms with Gasteiger partial charge in [0, 0.05) is 31.2 Å². The third-order valence-electron chi connectivity index (χ3n) is 3.91. The van der Waals surface area contributed by atoms with Crippen LogP contribution in [-0.2, 0) is 0 Å². The highest BCUT2D eigenvalue weighted by molar-refractivity contribution is 6.06. The molecule has 1 aliphatic rings. The number of hydrogen-bond donors (Lipinski definition) is 1. The van der Waals surface area contributed by atoms with E-state index >= 15 is 0 Å². The summed E-state index contributed by atoms with van der Waals surface area (Å²) in [6.07, 6.45) is 1.78. The molecule has 3 rings (SSSR count). The van der Waals surface area contributed by atoms with Crippen molar-refractivity contribution in [1.82, 2.24) is 9.88 Å². The molecule has 2 amide bonds. The minimum atomic E-state index is 0.0148. The molecule has 5 nitrogen and oxygen atoms in total. The van der Waals surface area contributed by atoms with Gasteiger partial charge in [-0.3, -0.25) is 9.88 Å². The predicted molar refractivity (Wildman–Crippen MR) is 90.0 cm³/mol. The van der Waals surface area contributed by atoms with Gasteiger partial charge in [0.05, 0.1) is 16.9 Å². The highest BCUT2D eigenvalue weighted by Gasteiger charge is 2.31. The molecule has 114 valence electrons. The van der Waals surface area contributed by atoms with E-state index in [1.165, 1.54) is 0 Å². The van der Waals surface area contributed by atoms with E-state index in [4.69, 9.17) is 5.73 Å². The van der Waals surface area contributed by atoms with Gasteiger partial charge in [-0.05, 0) is 25.5 Å². The molecule has 1 saturated heterocycles. The number of nitrogens with zero attached hydrogens (tertiary/aromatic N) is 3. The van der Waals surface area contributed by atoms with Gasteiger partial charge in [-0.25, -0.2) is 4.79 Å². The highest BCUT2D eigenvalue weighted by Crippen LogP contribution is 2.33. The quantitative estimate of drug-likeness (QED) is 0.699. The van der Waals surface area contributed by atoms with Crippen LogP contribution in [-0.4, -0.2) is 35.5 Å². The summed E-state index contributed by atoms with van der Waals surface area (Å²) >= 11 is 0. The molecule has 0 atom stereocenters. The van der Waals surface area contributed by atoms with E-state index < -0.39 is 0 Å². The Morgan fingerprint density at radius 2 is 2.18 bits per heavy atom. The van der Waals surface area contributed by atoms with E-state index in [2.05, 4.69) is 11.6 Å². The molecule has 1 aliphatic heterocycles. The largest absolute Gasteiger partial charge is 0.397 e. The van der Waals surface area contributed by atoms with E-state index in [1.54, 1.807) is 6.20 Å². The number of aryl methyl sites for hydroxylation is 1. The van der Waals surface area contributed by atoms with Gasteiger partial charge in [-0.2, -0.15) is 0 Å². The number of pyridine rings is 1. The molecule has 0 bridgehead atoms. The molecule has 1 aromatic carbocycles. The number of amides is 2. The van der Waals surface area contributed by atoms with Gasteiger partial charge in [0.15, 0.2) is 0 Å². The predicted octanol–water partition coefficient (Wildman–Crippen LogP) is 2.94.